The summed E-state index contributed by atoms with van der Waals surface area (Å²) in [7, 11) is 0. The number of piperazine rings is 1. The summed E-state index contributed by atoms with van der Waals surface area (Å²) in [6.45, 7) is 2.26. The van der Waals surface area contributed by atoms with Crippen LogP contribution in [-0.2, 0) is 15.8 Å². The third kappa shape index (κ3) is 6.76. The molecule has 6 nitrogen and oxygen atoms in total. The first-order valence-corrected chi connectivity index (χ1v) is 10.8. The Balaban J connectivity index is 1.38. The van der Waals surface area contributed by atoms with E-state index in [0.717, 1.165) is 29.7 Å². The lowest BCUT2D eigenvalue weighted by Gasteiger charge is -2.36. The molecule has 1 aromatic carbocycles. The molecular formula is C20H20ClF3N4O2S. The molecule has 1 aliphatic heterocycles. The molecule has 2 amide bonds. The van der Waals surface area contributed by atoms with Gasteiger partial charge in [0.25, 0.3) is 0 Å². The molecule has 1 aliphatic rings. The highest BCUT2D eigenvalue weighted by Crippen LogP contribution is 2.29. The molecule has 0 bridgehead atoms. The van der Waals surface area contributed by atoms with Crippen molar-refractivity contribution in [2.75, 3.05) is 43.4 Å². The third-order valence-corrected chi connectivity index (χ3v) is 5.84. The molecule has 1 fully saturated rings. The number of halogens is 4. The van der Waals surface area contributed by atoms with Crippen LogP contribution < -0.4 is 10.2 Å². The predicted molar refractivity (Wildman–Crippen MR) is 113 cm³/mol. The van der Waals surface area contributed by atoms with Crippen LogP contribution in [0.25, 0.3) is 0 Å². The minimum Gasteiger partial charge on any atom is -0.368 e. The monoisotopic (exact) mass is 472 g/mol. The van der Waals surface area contributed by atoms with Gasteiger partial charge in [-0.3, -0.25) is 9.59 Å². The summed E-state index contributed by atoms with van der Waals surface area (Å²) in [4.78, 5) is 31.8. The maximum atomic E-state index is 12.5. The SMILES string of the molecule is O=C(CSc1ccc(C(F)(F)F)cn1)NCC(=O)N1CCN(c2cccc(Cl)c2)CC1. The van der Waals surface area contributed by atoms with Crippen molar-refractivity contribution in [1.29, 1.82) is 0 Å². The van der Waals surface area contributed by atoms with Crippen molar-refractivity contribution in [3.8, 4) is 0 Å². The van der Waals surface area contributed by atoms with E-state index in [1.54, 1.807) is 11.0 Å². The van der Waals surface area contributed by atoms with Gasteiger partial charge in [-0.05, 0) is 30.3 Å². The second kappa shape index (κ2) is 10.2. The zero-order chi connectivity index (χ0) is 22.4. The molecule has 0 unspecified atom stereocenters. The minimum absolute atomic E-state index is 0.0474. The number of thioether (sulfide) groups is 1. The lowest BCUT2D eigenvalue weighted by Crippen LogP contribution is -2.51. The summed E-state index contributed by atoms with van der Waals surface area (Å²) in [5.74, 6) is -0.622. The third-order valence-electron chi connectivity index (χ3n) is 4.66. The van der Waals surface area contributed by atoms with Crippen LogP contribution in [0, 0.1) is 0 Å². The minimum atomic E-state index is -4.45. The van der Waals surface area contributed by atoms with Gasteiger partial charge in [0.05, 0.1) is 22.9 Å². The summed E-state index contributed by atoms with van der Waals surface area (Å²) < 4.78 is 37.6. The van der Waals surface area contributed by atoms with Crippen LogP contribution in [0.1, 0.15) is 5.56 Å². The quantitative estimate of drug-likeness (QED) is 0.653. The molecule has 0 spiro atoms. The summed E-state index contributed by atoms with van der Waals surface area (Å²) in [6, 6.07) is 9.66. The van der Waals surface area contributed by atoms with Crippen molar-refractivity contribution in [1.82, 2.24) is 15.2 Å². The van der Waals surface area contributed by atoms with Gasteiger partial charge in [0.15, 0.2) is 0 Å². The highest BCUT2D eigenvalue weighted by Gasteiger charge is 2.30. The first-order valence-electron chi connectivity index (χ1n) is 9.43. The average Bonchev–Trinajstić information content (AvgIpc) is 2.76. The first-order chi connectivity index (χ1) is 14.7. The Hall–Kier alpha value is -2.46. The van der Waals surface area contributed by atoms with Crippen LogP contribution in [-0.4, -0.2) is 60.2 Å². The van der Waals surface area contributed by atoms with Crippen LogP contribution in [0.5, 0.6) is 0 Å². The Morgan fingerprint density at radius 3 is 2.48 bits per heavy atom. The largest absolute Gasteiger partial charge is 0.417 e. The number of amides is 2. The zero-order valence-corrected chi connectivity index (χ0v) is 17.9. The molecule has 0 saturated carbocycles. The van der Waals surface area contributed by atoms with Crippen molar-refractivity contribution in [2.45, 2.75) is 11.2 Å². The fourth-order valence-electron chi connectivity index (χ4n) is 3.00. The molecule has 2 heterocycles. The molecule has 3 rings (SSSR count). The Labute approximate surface area is 186 Å². The van der Waals surface area contributed by atoms with Gasteiger partial charge in [-0.2, -0.15) is 13.2 Å². The summed E-state index contributed by atoms with van der Waals surface area (Å²) in [6.07, 6.45) is -3.72. The molecule has 0 aliphatic carbocycles. The summed E-state index contributed by atoms with van der Waals surface area (Å²) in [5.41, 5.74) is 0.157. The summed E-state index contributed by atoms with van der Waals surface area (Å²) >= 11 is 7.02. The van der Waals surface area contributed by atoms with Crippen molar-refractivity contribution in [3.63, 3.8) is 0 Å². The fraction of sp³-hybridized carbons (Fsp3) is 0.350. The van der Waals surface area contributed by atoms with Crippen LogP contribution >= 0.6 is 23.4 Å². The molecule has 1 saturated heterocycles. The molecule has 11 heteroatoms. The van der Waals surface area contributed by atoms with Crippen LogP contribution in [0.4, 0.5) is 18.9 Å². The normalized spacial score (nSPS) is 14.5. The maximum absolute atomic E-state index is 12.5. The Morgan fingerprint density at radius 1 is 1.13 bits per heavy atom. The van der Waals surface area contributed by atoms with Gasteiger partial charge in [0, 0.05) is 43.1 Å². The number of alkyl halides is 3. The van der Waals surface area contributed by atoms with Gasteiger partial charge in [0.2, 0.25) is 11.8 Å². The van der Waals surface area contributed by atoms with Crippen LogP contribution in [0.3, 0.4) is 0 Å². The highest BCUT2D eigenvalue weighted by molar-refractivity contribution is 7.99. The van der Waals surface area contributed by atoms with Gasteiger partial charge >= 0.3 is 6.18 Å². The molecular weight excluding hydrogens is 453 g/mol. The Bertz CT molecular complexity index is 919. The number of rotatable bonds is 6. The van der Waals surface area contributed by atoms with E-state index in [1.807, 2.05) is 18.2 Å². The van der Waals surface area contributed by atoms with E-state index in [1.165, 1.54) is 6.07 Å². The number of benzene rings is 1. The topological polar surface area (TPSA) is 65.5 Å². The molecule has 31 heavy (non-hydrogen) atoms. The van der Waals surface area contributed by atoms with Crippen molar-refractivity contribution < 1.29 is 22.8 Å². The molecule has 2 aromatic rings. The average molecular weight is 473 g/mol. The second-order valence-electron chi connectivity index (χ2n) is 6.80. The van der Waals surface area contributed by atoms with Gasteiger partial charge in [-0.25, -0.2) is 4.98 Å². The lowest BCUT2D eigenvalue weighted by molar-refractivity contribution is -0.138. The standard InChI is InChI=1S/C20H20ClF3N4O2S/c21-15-2-1-3-16(10-15)27-6-8-28(9-7-27)19(30)12-25-17(29)13-31-18-5-4-14(11-26-18)20(22,23)24/h1-5,10-11H,6-9,12-13H2,(H,25,29). The van der Waals surface area contributed by atoms with Crippen LogP contribution in [0.2, 0.25) is 5.02 Å². The molecule has 1 N–H and O–H groups in total. The number of hydrogen-bond donors (Lipinski definition) is 1. The number of carbonyl (C=O) groups is 2. The van der Waals surface area contributed by atoms with E-state index in [4.69, 9.17) is 11.6 Å². The number of carbonyl (C=O) groups excluding carboxylic acids is 2. The molecule has 0 atom stereocenters. The van der Waals surface area contributed by atoms with Crippen molar-refractivity contribution in [2.24, 2.45) is 0 Å². The number of anilines is 1. The van der Waals surface area contributed by atoms with E-state index < -0.39 is 17.6 Å². The Kier molecular flexibility index (Phi) is 7.66. The van der Waals surface area contributed by atoms with Gasteiger partial charge in [0.1, 0.15) is 0 Å². The van der Waals surface area contributed by atoms with Gasteiger partial charge in [-0.1, -0.05) is 29.4 Å². The predicted octanol–water partition coefficient (Wildman–Crippen LogP) is 3.31. The Morgan fingerprint density at radius 2 is 1.87 bits per heavy atom. The molecule has 0 radical (unpaired) electrons. The molecule has 166 valence electrons. The lowest BCUT2D eigenvalue weighted by atomic mass is 10.2. The van der Waals surface area contributed by atoms with Crippen molar-refractivity contribution >= 4 is 40.9 Å². The molecule has 1 aromatic heterocycles. The zero-order valence-electron chi connectivity index (χ0n) is 16.4. The highest BCUT2D eigenvalue weighted by atomic mass is 35.5. The smallest absolute Gasteiger partial charge is 0.368 e. The summed E-state index contributed by atoms with van der Waals surface area (Å²) in [5, 5.41) is 3.50. The number of nitrogens with zero attached hydrogens (tertiary/aromatic N) is 3. The van der Waals surface area contributed by atoms with E-state index in [2.05, 4.69) is 15.2 Å². The number of pyridine rings is 1. The second-order valence-corrected chi connectivity index (χ2v) is 8.23. The van der Waals surface area contributed by atoms with E-state index in [9.17, 15) is 22.8 Å². The number of hydrogen-bond acceptors (Lipinski definition) is 5. The first kappa shape index (κ1) is 23.2. The van der Waals surface area contributed by atoms with Gasteiger partial charge < -0.3 is 15.1 Å². The fourth-order valence-corrected chi connectivity index (χ4v) is 3.85. The van der Waals surface area contributed by atoms with Crippen molar-refractivity contribution in [3.05, 3.63) is 53.2 Å². The van der Waals surface area contributed by atoms with E-state index in [0.29, 0.717) is 36.2 Å². The van der Waals surface area contributed by atoms with Gasteiger partial charge in [-0.15, -0.1) is 0 Å². The number of aromatic nitrogens is 1. The van der Waals surface area contributed by atoms with Crippen LogP contribution in [0.15, 0.2) is 47.6 Å². The maximum Gasteiger partial charge on any atom is 0.417 e. The number of nitrogens with one attached hydrogen (secondary N) is 1. The van der Waals surface area contributed by atoms with E-state index >= 15 is 0 Å². The van der Waals surface area contributed by atoms with E-state index in [-0.39, 0.29) is 18.2 Å².